The summed E-state index contributed by atoms with van der Waals surface area (Å²) < 4.78 is 0.757. The molecule has 1 amide bonds. The molecule has 1 aromatic carbocycles. The van der Waals surface area contributed by atoms with E-state index in [0.29, 0.717) is 21.8 Å². The zero-order valence-corrected chi connectivity index (χ0v) is 15.3. The van der Waals surface area contributed by atoms with Crippen molar-refractivity contribution in [1.29, 1.82) is 0 Å². The molecule has 1 atom stereocenters. The van der Waals surface area contributed by atoms with E-state index < -0.39 is 0 Å². The van der Waals surface area contributed by atoms with Crippen molar-refractivity contribution < 1.29 is 4.79 Å². The van der Waals surface area contributed by atoms with Crippen LogP contribution in [-0.2, 0) is 4.79 Å². The molecule has 1 aliphatic rings. The van der Waals surface area contributed by atoms with E-state index >= 15 is 0 Å². The number of thioether (sulfide) groups is 1. The van der Waals surface area contributed by atoms with E-state index in [2.05, 4.69) is 20.8 Å². The Balaban J connectivity index is 1.58. The van der Waals surface area contributed by atoms with Crippen LogP contribution in [0.3, 0.4) is 0 Å². The lowest BCUT2D eigenvalue weighted by Gasteiger charge is -2.11. The number of anilines is 2. The maximum Gasteiger partial charge on any atom is 0.237 e. The van der Waals surface area contributed by atoms with Crippen molar-refractivity contribution in [2.75, 3.05) is 10.6 Å². The van der Waals surface area contributed by atoms with Crippen molar-refractivity contribution in [3.05, 3.63) is 28.2 Å². The molecule has 1 heterocycles. The fourth-order valence-corrected chi connectivity index (χ4v) is 4.06. The summed E-state index contributed by atoms with van der Waals surface area (Å²) in [6.45, 7) is 1.81. The first-order valence-corrected chi connectivity index (χ1v) is 9.49. The molecular weight excluding hydrogens is 375 g/mol. The van der Waals surface area contributed by atoms with Gasteiger partial charge in [0.05, 0.1) is 16.0 Å². The van der Waals surface area contributed by atoms with Gasteiger partial charge in [-0.2, -0.15) is 0 Å². The van der Waals surface area contributed by atoms with Crippen LogP contribution < -0.4 is 10.6 Å². The molecule has 0 aliphatic heterocycles. The highest BCUT2D eigenvalue weighted by Crippen LogP contribution is 2.33. The summed E-state index contributed by atoms with van der Waals surface area (Å²) in [5.74, 6) is -0.161. The summed E-state index contributed by atoms with van der Waals surface area (Å²) in [5.41, 5.74) is 0.505. The Morgan fingerprint density at radius 1 is 1.39 bits per heavy atom. The number of amides is 1. The molecule has 23 heavy (non-hydrogen) atoms. The van der Waals surface area contributed by atoms with Gasteiger partial charge >= 0.3 is 0 Å². The Kier molecular flexibility index (Phi) is 5.31. The Bertz CT molecular complexity index is 721. The summed E-state index contributed by atoms with van der Waals surface area (Å²) in [5, 5.41) is 15.7. The second-order valence-corrected chi connectivity index (χ2v) is 8.57. The molecule has 5 nitrogen and oxygen atoms in total. The molecule has 9 heteroatoms. The van der Waals surface area contributed by atoms with Crippen LogP contribution in [-0.4, -0.2) is 27.4 Å². The van der Waals surface area contributed by atoms with E-state index in [9.17, 15) is 4.79 Å². The minimum absolute atomic E-state index is 0.161. The first-order chi connectivity index (χ1) is 11.0. The second-order valence-electron chi connectivity index (χ2n) is 5.17. The van der Waals surface area contributed by atoms with Crippen LogP contribution in [0.2, 0.25) is 10.0 Å². The Morgan fingerprint density at radius 3 is 2.91 bits per heavy atom. The lowest BCUT2D eigenvalue weighted by molar-refractivity contribution is -0.115. The molecule has 0 radical (unpaired) electrons. The lowest BCUT2D eigenvalue weighted by atomic mass is 10.3. The quantitative estimate of drug-likeness (QED) is 0.710. The highest BCUT2D eigenvalue weighted by atomic mass is 35.5. The van der Waals surface area contributed by atoms with Gasteiger partial charge in [0, 0.05) is 11.1 Å². The Morgan fingerprint density at radius 2 is 2.17 bits per heavy atom. The number of benzene rings is 1. The van der Waals surface area contributed by atoms with Crippen molar-refractivity contribution >= 4 is 63.0 Å². The zero-order valence-electron chi connectivity index (χ0n) is 12.2. The molecule has 1 aliphatic carbocycles. The number of hydrogen-bond acceptors (Lipinski definition) is 6. The molecule has 1 unspecified atom stereocenters. The van der Waals surface area contributed by atoms with Crippen molar-refractivity contribution in [2.24, 2.45) is 0 Å². The number of hydrogen-bond donors (Lipinski definition) is 2. The van der Waals surface area contributed by atoms with Gasteiger partial charge in [0.2, 0.25) is 11.0 Å². The summed E-state index contributed by atoms with van der Waals surface area (Å²) in [6, 6.07) is 5.49. The van der Waals surface area contributed by atoms with Gasteiger partial charge in [0.25, 0.3) is 0 Å². The van der Waals surface area contributed by atoms with E-state index in [4.69, 9.17) is 23.2 Å². The standard InChI is InChI=1S/C14H14Cl2N4OS2/c1-7(12(21)18-11-6-8(15)2-5-10(11)16)22-14-20-19-13(23-14)17-9-3-4-9/h2,5-7,9H,3-4H2,1H3,(H,17,19)(H,18,21). The predicted octanol–water partition coefficient (Wildman–Crippen LogP) is 4.54. The predicted molar refractivity (Wildman–Crippen MR) is 97.0 cm³/mol. The summed E-state index contributed by atoms with van der Waals surface area (Å²) >= 11 is 14.8. The third kappa shape index (κ3) is 4.73. The molecule has 3 rings (SSSR count). The van der Waals surface area contributed by atoms with E-state index in [1.54, 1.807) is 18.2 Å². The van der Waals surface area contributed by atoms with Gasteiger partial charge in [-0.3, -0.25) is 4.79 Å². The lowest BCUT2D eigenvalue weighted by Crippen LogP contribution is -2.22. The monoisotopic (exact) mass is 388 g/mol. The molecule has 2 aromatic rings. The average molecular weight is 389 g/mol. The number of carbonyl (C=O) groups is 1. The van der Waals surface area contributed by atoms with Crippen molar-refractivity contribution in [2.45, 2.75) is 35.4 Å². The molecule has 1 fully saturated rings. The van der Waals surface area contributed by atoms with E-state index in [1.807, 2.05) is 6.92 Å². The molecule has 0 bridgehead atoms. The zero-order chi connectivity index (χ0) is 16.4. The van der Waals surface area contributed by atoms with E-state index in [1.165, 1.54) is 35.9 Å². The maximum atomic E-state index is 12.3. The number of nitrogens with zero attached hydrogens (tertiary/aromatic N) is 2. The molecule has 1 aromatic heterocycles. The fraction of sp³-hybridized carbons (Fsp3) is 0.357. The highest BCUT2D eigenvalue weighted by Gasteiger charge is 2.23. The first kappa shape index (κ1) is 16.8. The van der Waals surface area contributed by atoms with Crippen molar-refractivity contribution in [3.63, 3.8) is 0 Å². The van der Waals surface area contributed by atoms with E-state index in [-0.39, 0.29) is 11.2 Å². The third-order valence-electron chi connectivity index (χ3n) is 3.14. The van der Waals surface area contributed by atoms with Gasteiger partial charge in [-0.1, -0.05) is 46.3 Å². The van der Waals surface area contributed by atoms with Crippen LogP contribution in [0.1, 0.15) is 19.8 Å². The topological polar surface area (TPSA) is 66.9 Å². The van der Waals surface area contributed by atoms with Crippen LogP contribution in [0.15, 0.2) is 22.5 Å². The number of nitrogens with one attached hydrogen (secondary N) is 2. The van der Waals surface area contributed by atoms with Gasteiger partial charge in [0.1, 0.15) is 0 Å². The minimum atomic E-state index is -0.327. The van der Waals surface area contributed by atoms with Crippen molar-refractivity contribution in [1.82, 2.24) is 10.2 Å². The van der Waals surface area contributed by atoms with Crippen LogP contribution in [0.5, 0.6) is 0 Å². The molecule has 0 spiro atoms. The molecule has 1 saturated carbocycles. The largest absolute Gasteiger partial charge is 0.357 e. The van der Waals surface area contributed by atoms with Gasteiger partial charge in [-0.25, -0.2) is 0 Å². The maximum absolute atomic E-state index is 12.3. The molecule has 2 N–H and O–H groups in total. The average Bonchev–Trinajstić information content (AvgIpc) is 3.21. The second kappa shape index (κ2) is 7.25. The van der Waals surface area contributed by atoms with Crippen LogP contribution in [0, 0.1) is 0 Å². The van der Waals surface area contributed by atoms with E-state index in [0.717, 1.165) is 9.47 Å². The van der Waals surface area contributed by atoms with Gasteiger partial charge in [0.15, 0.2) is 4.34 Å². The van der Waals surface area contributed by atoms with Gasteiger partial charge in [-0.15, -0.1) is 10.2 Å². The van der Waals surface area contributed by atoms with Crippen LogP contribution >= 0.6 is 46.3 Å². The fourth-order valence-electron chi connectivity index (χ4n) is 1.75. The van der Waals surface area contributed by atoms with Gasteiger partial charge < -0.3 is 10.6 Å². The smallest absolute Gasteiger partial charge is 0.237 e. The number of rotatable bonds is 6. The third-order valence-corrected chi connectivity index (χ3v) is 5.75. The minimum Gasteiger partial charge on any atom is -0.357 e. The number of carbonyl (C=O) groups excluding carboxylic acids is 1. The normalized spacial score (nSPS) is 15.3. The summed E-state index contributed by atoms with van der Waals surface area (Å²) in [7, 11) is 0. The molecule has 122 valence electrons. The summed E-state index contributed by atoms with van der Waals surface area (Å²) in [6.07, 6.45) is 2.36. The first-order valence-electron chi connectivity index (χ1n) is 7.04. The Hall–Kier alpha value is -1.02. The number of halogens is 2. The van der Waals surface area contributed by atoms with Crippen molar-refractivity contribution in [3.8, 4) is 0 Å². The van der Waals surface area contributed by atoms with Gasteiger partial charge in [-0.05, 0) is 38.0 Å². The SMILES string of the molecule is CC(Sc1nnc(NC2CC2)s1)C(=O)Nc1cc(Cl)ccc1Cl. The highest BCUT2D eigenvalue weighted by molar-refractivity contribution is 8.02. The van der Waals surface area contributed by atoms with Crippen LogP contribution in [0.4, 0.5) is 10.8 Å². The number of aromatic nitrogens is 2. The molecule has 0 saturated heterocycles. The Labute approximate surface area is 152 Å². The summed E-state index contributed by atoms with van der Waals surface area (Å²) in [4.78, 5) is 12.3. The molecular formula is C14H14Cl2N4OS2. The van der Waals surface area contributed by atoms with Crippen LogP contribution in [0.25, 0.3) is 0 Å².